The van der Waals surface area contributed by atoms with Gasteiger partial charge in [0.2, 0.25) is 0 Å². The van der Waals surface area contributed by atoms with Crippen LogP contribution < -0.4 is 4.90 Å². The lowest BCUT2D eigenvalue weighted by molar-refractivity contribution is 1.18. The normalized spacial score (nSPS) is 11.5. The van der Waals surface area contributed by atoms with Crippen LogP contribution in [0.5, 0.6) is 0 Å². The minimum Gasteiger partial charge on any atom is -0.310 e. The maximum Gasteiger partial charge on any atom is 0.0620 e. The third-order valence-corrected chi connectivity index (χ3v) is 11.1. The van der Waals surface area contributed by atoms with Crippen LogP contribution >= 0.6 is 11.3 Å². The summed E-state index contributed by atoms with van der Waals surface area (Å²) in [6, 6.07) is 70.4. The van der Waals surface area contributed by atoms with Crippen molar-refractivity contribution in [3.63, 3.8) is 0 Å². The molecule has 0 saturated carbocycles. The molecule has 0 unspecified atom stereocenters. The summed E-state index contributed by atoms with van der Waals surface area (Å²) in [5.41, 5.74) is 11.7. The zero-order chi connectivity index (χ0) is 33.7. The predicted molar refractivity (Wildman–Crippen MR) is 219 cm³/mol. The summed E-state index contributed by atoms with van der Waals surface area (Å²) < 4.78 is 5.07. The molecule has 10 aromatic rings. The van der Waals surface area contributed by atoms with E-state index in [9.17, 15) is 0 Å². The van der Waals surface area contributed by atoms with Gasteiger partial charge in [0.25, 0.3) is 0 Å². The molecule has 8 aromatic carbocycles. The molecule has 0 atom stereocenters. The first-order chi connectivity index (χ1) is 25.3. The molecular formula is C48H32N2S. The number of benzene rings is 8. The van der Waals surface area contributed by atoms with E-state index < -0.39 is 0 Å². The average Bonchev–Trinajstić information content (AvgIpc) is 3.75. The second-order valence-electron chi connectivity index (χ2n) is 12.9. The zero-order valence-electron chi connectivity index (χ0n) is 27.8. The van der Waals surface area contributed by atoms with Crippen molar-refractivity contribution < 1.29 is 0 Å². The van der Waals surface area contributed by atoms with Crippen LogP contribution in [-0.4, -0.2) is 4.57 Å². The monoisotopic (exact) mass is 668 g/mol. The van der Waals surface area contributed by atoms with Crippen molar-refractivity contribution in [2.45, 2.75) is 0 Å². The lowest BCUT2D eigenvalue weighted by Gasteiger charge is -2.26. The van der Waals surface area contributed by atoms with E-state index in [1.54, 1.807) is 0 Å². The van der Waals surface area contributed by atoms with Crippen molar-refractivity contribution in [1.29, 1.82) is 0 Å². The molecule has 0 saturated heterocycles. The summed E-state index contributed by atoms with van der Waals surface area (Å²) in [4.78, 5) is 2.44. The van der Waals surface area contributed by atoms with Gasteiger partial charge in [-0.1, -0.05) is 121 Å². The maximum absolute atomic E-state index is 2.46. The maximum atomic E-state index is 2.46. The quantitative estimate of drug-likeness (QED) is 0.171. The number of aromatic nitrogens is 1. The van der Waals surface area contributed by atoms with E-state index >= 15 is 0 Å². The van der Waals surface area contributed by atoms with E-state index in [-0.39, 0.29) is 0 Å². The summed E-state index contributed by atoms with van der Waals surface area (Å²) in [6.45, 7) is 0. The van der Waals surface area contributed by atoms with E-state index in [4.69, 9.17) is 0 Å². The second kappa shape index (κ2) is 12.2. The number of fused-ring (bicyclic) bond motifs is 6. The number of rotatable bonds is 6. The Morgan fingerprint density at radius 1 is 0.412 bits per heavy atom. The molecule has 0 radical (unpaired) electrons. The minimum atomic E-state index is 1.12. The number of anilines is 3. The van der Waals surface area contributed by atoms with Gasteiger partial charge in [-0.3, -0.25) is 0 Å². The highest BCUT2D eigenvalue weighted by Gasteiger charge is 2.24. The van der Waals surface area contributed by atoms with Crippen molar-refractivity contribution in [1.82, 2.24) is 4.57 Å². The molecule has 0 fully saturated rings. The van der Waals surface area contributed by atoms with Crippen LogP contribution in [-0.2, 0) is 0 Å². The minimum absolute atomic E-state index is 1.12. The van der Waals surface area contributed by atoms with Crippen LogP contribution in [0.25, 0.3) is 69.9 Å². The first-order valence-corrected chi connectivity index (χ1v) is 18.2. The standard InChI is InChI=1S/C48H32N2S/c1-5-16-33(17-6-1)35-30-40(34-18-7-2-8-19-34)48-42(31-35)47-43(25-15-26-44(47)50(48)37-22-11-4-12-23-37)49(36-20-9-3-10-21-36)38-28-29-46-41(32-38)39-24-13-14-27-45(39)51-46/h1-32H. The molecule has 2 aromatic heterocycles. The SMILES string of the molecule is c1ccc(-c2cc(-c3ccccc3)c3c(c2)c2c(N(c4ccccc4)c4ccc5sc6ccccc6c5c4)cccc2n3-c2ccccc2)cc1. The van der Waals surface area contributed by atoms with Gasteiger partial charge in [0.05, 0.1) is 16.7 Å². The fourth-order valence-corrected chi connectivity index (χ4v) is 8.79. The molecule has 240 valence electrons. The molecule has 0 spiro atoms. The molecule has 2 heterocycles. The van der Waals surface area contributed by atoms with E-state index in [0.717, 1.165) is 22.7 Å². The number of thiophene rings is 1. The fraction of sp³-hybridized carbons (Fsp3) is 0. The van der Waals surface area contributed by atoms with Gasteiger partial charge in [0.15, 0.2) is 0 Å². The molecular weight excluding hydrogens is 637 g/mol. The third kappa shape index (κ3) is 4.93. The highest BCUT2D eigenvalue weighted by Crippen LogP contribution is 2.48. The Kier molecular flexibility index (Phi) is 7.04. The first-order valence-electron chi connectivity index (χ1n) is 17.4. The summed E-state index contributed by atoms with van der Waals surface area (Å²) in [5, 5.41) is 5.01. The number of hydrogen-bond donors (Lipinski definition) is 0. The number of nitrogens with zero attached hydrogens (tertiary/aromatic N) is 2. The van der Waals surface area contributed by atoms with Gasteiger partial charge >= 0.3 is 0 Å². The van der Waals surface area contributed by atoms with Gasteiger partial charge < -0.3 is 9.47 Å². The molecule has 0 amide bonds. The van der Waals surface area contributed by atoms with Gasteiger partial charge in [0, 0.05) is 53.6 Å². The summed E-state index contributed by atoms with van der Waals surface area (Å²) in [6.07, 6.45) is 0. The molecule has 0 aliphatic heterocycles. The van der Waals surface area contributed by atoms with E-state index in [2.05, 4.69) is 204 Å². The Labute approximate surface area is 300 Å². The van der Waals surface area contributed by atoms with Crippen LogP contribution in [0, 0.1) is 0 Å². The van der Waals surface area contributed by atoms with Crippen molar-refractivity contribution in [3.05, 3.63) is 194 Å². The number of para-hydroxylation sites is 2. The highest BCUT2D eigenvalue weighted by molar-refractivity contribution is 7.25. The summed E-state index contributed by atoms with van der Waals surface area (Å²) in [7, 11) is 0. The average molecular weight is 669 g/mol. The summed E-state index contributed by atoms with van der Waals surface area (Å²) in [5.74, 6) is 0. The highest BCUT2D eigenvalue weighted by atomic mass is 32.1. The Hall–Kier alpha value is -6.42. The molecule has 51 heavy (non-hydrogen) atoms. The van der Waals surface area contributed by atoms with Gasteiger partial charge in [0.1, 0.15) is 0 Å². The second-order valence-corrected chi connectivity index (χ2v) is 14.0. The molecule has 0 aliphatic rings. The predicted octanol–water partition coefficient (Wildman–Crippen LogP) is 14.0. The molecule has 0 aliphatic carbocycles. The number of hydrogen-bond acceptors (Lipinski definition) is 2. The van der Waals surface area contributed by atoms with Crippen molar-refractivity contribution >= 4 is 70.4 Å². The van der Waals surface area contributed by atoms with Gasteiger partial charge in [-0.25, -0.2) is 0 Å². The van der Waals surface area contributed by atoms with E-state index in [1.807, 2.05) is 11.3 Å². The molecule has 0 N–H and O–H groups in total. The Morgan fingerprint density at radius 3 is 1.82 bits per heavy atom. The van der Waals surface area contributed by atoms with Crippen LogP contribution in [0.3, 0.4) is 0 Å². The van der Waals surface area contributed by atoms with Gasteiger partial charge in [-0.05, 0) is 89.5 Å². The fourth-order valence-electron chi connectivity index (χ4n) is 7.70. The summed E-state index contributed by atoms with van der Waals surface area (Å²) >= 11 is 1.86. The van der Waals surface area contributed by atoms with Crippen LogP contribution in [0.15, 0.2) is 194 Å². The first kappa shape index (κ1) is 29.5. The lowest BCUT2D eigenvalue weighted by atomic mass is 9.95. The van der Waals surface area contributed by atoms with Crippen LogP contribution in [0.2, 0.25) is 0 Å². The van der Waals surface area contributed by atoms with E-state index in [1.165, 1.54) is 64.2 Å². The Morgan fingerprint density at radius 2 is 1.06 bits per heavy atom. The molecule has 2 nitrogen and oxygen atoms in total. The Bertz CT molecular complexity index is 2840. The molecule has 3 heteroatoms. The van der Waals surface area contributed by atoms with E-state index in [0.29, 0.717) is 0 Å². The van der Waals surface area contributed by atoms with Crippen LogP contribution in [0.1, 0.15) is 0 Å². The third-order valence-electron chi connectivity index (χ3n) is 9.94. The molecule has 0 bridgehead atoms. The Balaban J connectivity index is 1.35. The van der Waals surface area contributed by atoms with Crippen molar-refractivity contribution in [2.24, 2.45) is 0 Å². The largest absolute Gasteiger partial charge is 0.310 e. The lowest BCUT2D eigenvalue weighted by Crippen LogP contribution is -2.10. The molecule has 10 rings (SSSR count). The van der Waals surface area contributed by atoms with Crippen molar-refractivity contribution in [2.75, 3.05) is 4.90 Å². The van der Waals surface area contributed by atoms with Gasteiger partial charge in [-0.15, -0.1) is 11.3 Å². The topological polar surface area (TPSA) is 8.17 Å². The zero-order valence-corrected chi connectivity index (χ0v) is 28.6. The van der Waals surface area contributed by atoms with Crippen molar-refractivity contribution in [3.8, 4) is 27.9 Å². The van der Waals surface area contributed by atoms with Gasteiger partial charge in [-0.2, -0.15) is 0 Å². The van der Waals surface area contributed by atoms with Crippen LogP contribution in [0.4, 0.5) is 17.1 Å². The smallest absolute Gasteiger partial charge is 0.0620 e.